The maximum Gasteiger partial charge on any atom is 0.115 e. The van der Waals surface area contributed by atoms with Crippen LogP contribution < -0.4 is 0 Å². The topological polar surface area (TPSA) is 33.1 Å². The Labute approximate surface area is 106 Å². The smallest absolute Gasteiger partial charge is 0.115 e. The molecule has 1 N–H and O–H groups in total. The lowest BCUT2D eigenvalue weighted by Gasteiger charge is -2.11. The third kappa shape index (κ3) is 2.56. The lowest BCUT2D eigenvalue weighted by molar-refractivity contribution is 0.223. The molecule has 17 heavy (non-hydrogen) atoms. The summed E-state index contributed by atoms with van der Waals surface area (Å²) in [7, 11) is 0. The summed E-state index contributed by atoms with van der Waals surface area (Å²) in [4.78, 5) is 0.933. The van der Waals surface area contributed by atoms with Crippen LogP contribution in [0.4, 0.5) is 0 Å². The van der Waals surface area contributed by atoms with Crippen LogP contribution >= 0.6 is 11.5 Å². The van der Waals surface area contributed by atoms with E-state index in [0.29, 0.717) is 5.92 Å². The van der Waals surface area contributed by atoms with E-state index in [9.17, 15) is 5.11 Å². The molecular weight excluding hydrogens is 230 g/mol. The lowest BCUT2D eigenvalue weighted by atomic mass is 9.99. The first-order chi connectivity index (χ1) is 8.09. The van der Waals surface area contributed by atoms with Crippen molar-refractivity contribution >= 4 is 11.5 Å². The zero-order chi connectivity index (χ0) is 12.4. The summed E-state index contributed by atoms with van der Waals surface area (Å²) in [6, 6.07) is 8.16. The molecule has 0 bridgehead atoms. The van der Waals surface area contributed by atoms with Crippen molar-refractivity contribution in [3.8, 4) is 0 Å². The summed E-state index contributed by atoms with van der Waals surface area (Å²) in [5.41, 5.74) is 3.28. The van der Waals surface area contributed by atoms with Gasteiger partial charge in [-0.25, -0.2) is 4.37 Å². The molecule has 1 heterocycles. The third-order valence-electron chi connectivity index (χ3n) is 2.95. The second-order valence-electron chi connectivity index (χ2n) is 4.60. The van der Waals surface area contributed by atoms with Gasteiger partial charge in [-0.3, -0.25) is 0 Å². The molecule has 0 amide bonds. The molecule has 1 atom stereocenters. The Morgan fingerprint density at radius 1 is 1.12 bits per heavy atom. The van der Waals surface area contributed by atoms with Gasteiger partial charge < -0.3 is 5.11 Å². The van der Waals surface area contributed by atoms with Crippen molar-refractivity contribution in [2.45, 2.75) is 32.8 Å². The van der Waals surface area contributed by atoms with E-state index >= 15 is 0 Å². The minimum absolute atomic E-state index is 0.520. The largest absolute Gasteiger partial charge is 0.383 e. The van der Waals surface area contributed by atoms with Crippen LogP contribution in [0.5, 0.6) is 0 Å². The molecule has 90 valence electrons. The molecule has 2 aromatic rings. The van der Waals surface area contributed by atoms with E-state index in [1.807, 2.05) is 19.1 Å². The maximum atomic E-state index is 10.3. The number of benzene rings is 1. The van der Waals surface area contributed by atoms with E-state index in [2.05, 4.69) is 30.4 Å². The van der Waals surface area contributed by atoms with Crippen LogP contribution in [0.3, 0.4) is 0 Å². The minimum atomic E-state index is -0.552. The number of aliphatic hydroxyl groups excluding tert-OH is 1. The van der Waals surface area contributed by atoms with Gasteiger partial charge in [-0.2, -0.15) is 0 Å². The average Bonchev–Trinajstić information content (AvgIpc) is 2.74. The number of nitrogens with zero attached hydrogens (tertiary/aromatic N) is 1. The van der Waals surface area contributed by atoms with E-state index < -0.39 is 6.10 Å². The Kier molecular flexibility index (Phi) is 3.60. The molecule has 0 aliphatic rings. The Bertz CT molecular complexity index is 487. The summed E-state index contributed by atoms with van der Waals surface area (Å²) in [5.74, 6) is 0.520. The van der Waals surface area contributed by atoms with E-state index in [0.717, 1.165) is 16.0 Å². The van der Waals surface area contributed by atoms with Crippen LogP contribution in [-0.4, -0.2) is 9.48 Å². The molecule has 0 fully saturated rings. The fraction of sp³-hybridized carbons (Fsp3) is 0.357. The van der Waals surface area contributed by atoms with Gasteiger partial charge in [0.25, 0.3) is 0 Å². The first-order valence-corrected chi connectivity index (χ1v) is 6.56. The van der Waals surface area contributed by atoms with Gasteiger partial charge in [0.2, 0.25) is 0 Å². The van der Waals surface area contributed by atoms with Gasteiger partial charge in [-0.1, -0.05) is 38.1 Å². The zero-order valence-corrected chi connectivity index (χ0v) is 11.2. The molecule has 0 saturated carbocycles. The molecule has 2 rings (SSSR count). The Morgan fingerprint density at radius 3 is 2.18 bits per heavy atom. The number of hydrogen-bond donors (Lipinski definition) is 1. The van der Waals surface area contributed by atoms with E-state index in [4.69, 9.17) is 0 Å². The summed E-state index contributed by atoms with van der Waals surface area (Å²) in [5, 5.41) is 10.3. The normalized spacial score (nSPS) is 13.0. The first kappa shape index (κ1) is 12.3. The molecule has 0 aliphatic carbocycles. The summed E-state index contributed by atoms with van der Waals surface area (Å²) in [6.45, 7) is 6.31. The molecule has 0 aliphatic heterocycles. The quantitative estimate of drug-likeness (QED) is 0.898. The van der Waals surface area contributed by atoms with Crippen LogP contribution in [-0.2, 0) is 0 Å². The van der Waals surface area contributed by atoms with Crippen molar-refractivity contribution < 1.29 is 5.11 Å². The number of rotatable bonds is 3. The molecule has 3 heteroatoms. The first-order valence-electron chi connectivity index (χ1n) is 5.78. The predicted molar refractivity (Wildman–Crippen MR) is 71.4 cm³/mol. The van der Waals surface area contributed by atoms with Crippen molar-refractivity contribution in [2.24, 2.45) is 0 Å². The molecule has 1 aromatic heterocycles. The van der Waals surface area contributed by atoms with Crippen molar-refractivity contribution in [3.05, 3.63) is 52.0 Å². The van der Waals surface area contributed by atoms with E-state index in [-0.39, 0.29) is 0 Å². The van der Waals surface area contributed by atoms with Crippen LogP contribution in [0.15, 0.2) is 30.5 Å². The minimum Gasteiger partial charge on any atom is -0.383 e. The molecule has 0 saturated heterocycles. The highest BCUT2D eigenvalue weighted by Crippen LogP contribution is 2.28. The van der Waals surface area contributed by atoms with Crippen molar-refractivity contribution in [1.82, 2.24) is 4.37 Å². The highest BCUT2D eigenvalue weighted by atomic mass is 32.1. The fourth-order valence-electron chi connectivity index (χ4n) is 1.78. The molecular formula is C14H17NOS. The highest BCUT2D eigenvalue weighted by Gasteiger charge is 2.15. The van der Waals surface area contributed by atoms with Gasteiger partial charge in [0.05, 0.1) is 4.88 Å². The van der Waals surface area contributed by atoms with Gasteiger partial charge in [0.15, 0.2) is 0 Å². The summed E-state index contributed by atoms with van der Waals surface area (Å²) >= 11 is 1.36. The molecule has 0 spiro atoms. The second kappa shape index (κ2) is 4.98. The van der Waals surface area contributed by atoms with Gasteiger partial charge in [-0.05, 0) is 41.1 Å². The van der Waals surface area contributed by atoms with Crippen LogP contribution in [0.2, 0.25) is 0 Å². The van der Waals surface area contributed by atoms with Crippen LogP contribution in [0, 0.1) is 6.92 Å². The summed E-state index contributed by atoms with van der Waals surface area (Å²) in [6.07, 6.45) is 1.25. The zero-order valence-electron chi connectivity index (χ0n) is 10.3. The number of aliphatic hydroxyl groups is 1. The van der Waals surface area contributed by atoms with Gasteiger partial charge >= 0.3 is 0 Å². The number of aromatic nitrogens is 1. The van der Waals surface area contributed by atoms with Crippen molar-refractivity contribution in [3.63, 3.8) is 0 Å². The number of hydrogen-bond acceptors (Lipinski definition) is 3. The molecule has 1 aromatic carbocycles. The maximum absolute atomic E-state index is 10.3. The lowest BCUT2D eigenvalue weighted by Crippen LogP contribution is -1.99. The highest BCUT2D eigenvalue weighted by molar-refractivity contribution is 7.06. The average molecular weight is 247 g/mol. The molecule has 2 nitrogen and oxygen atoms in total. The predicted octanol–water partition coefficient (Wildman–Crippen LogP) is 3.66. The van der Waals surface area contributed by atoms with Gasteiger partial charge in [-0.15, -0.1) is 0 Å². The SMILES string of the molecule is Cc1cnsc1[C@H](O)c1ccc(C(C)C)cc1. The van der Waals surface area contributed by atoms with Crippen molar-refractivity contribution in [1.29, 1.82) is 0 Å². The standard InChI is InChI=1S/C14H17NOS/c1-9(2)11-4-6-12(7-5-11)13(16)14-10(3)8-15-17-14/h4-9,13,16H,1-3H3/t13-/m1/s1. The number of aryl methyl sites for hydroxylation is 1. The Morgan fingerprint density at radius 2 is 1.71 bits per heavy atom. The van der Waals surface area contributed by atoms with E-state index in [1.165, 1.54) is 17.1 Å². The third-order valence-corrected chi connectivity index (χ3v) is 3.91. The Balaban J connectivity index is 2.26. The van der Waals surface area contributed by atoms with Gasteiger partial charge in [0.1, 0.15) is 6.10 Å². The molecule has 0 radical (unpaired) electrons. The molecule has 0 unspecified atom stereocenters. The fourth-order valence-corrected chi connectivity index (χ4v) is 2.53. The Hall–Kier alpha value is -1.19. The van der Waals surface area contributed by atoms with Crippen LogP contribution in [0.25, 0.3) is 0 Å². The van der Waals surface area contributed by atoms with Crippen LogP contribution in [0.1, 0.15) is 47.4 Å². The second-order valence-corrected chi connectivity index (χ2v) is 5.43. The van der Waals surface area contributed by atoms with Gasteiger partial charge in [0, 0.05) is 6.20 Å². The monoisotopic (exact) mass is 247 g/mol. The van der Waals surface area contributed by atoms with Crippen molar-refractivity contribution in [2.75, 3.05) is 0 Å². The van der Waals surface area contributed by atoms with E-state index in [1.54, 1.807) is 6.20 Å². The summed E-state index contributed by atoms with van der Waals surface area (Å²) < 4.78 is 4.10.